The fourth-order valence-corrected chi connectivity index (χ4v) is 1.86. The summed E-state index contributed by atoms with van der Waals surface area (Å²) < 4.78 is 0. The fourth-order valence-electron chi connectivity index (χ4n) is 1.86. The molecule has 0 saturated heterocycles. The van der Waals surface area contributed by atoms with Crippen molar-refractivity contribution in [2.45, 2.75) is 38.6 Å². The number of hydrogen-bond acceptors (Lipinski definition) is 2. The molecule has 15 heavy (non-hydrogen) atoms. The van der Waals surface area contributed by atoms with E-state index in [1.165, 1.54) is 30.4 Å². The Hall–Kier alpha value is -1.31. The molecular weight excluding hydrogens is 184 g/mol. The van der Waals surface area contributed by atoms with Crippen LogP contribution in [0.2, 0.25) is 0 Å². The Balaban J connectivity index is 1.97. The summed E-state index contributed by atoms with van der Waals surface area (Å²) >= 11 is 0. The lowest BCUT2D eigenvalue weighted by molar-refractivity contribution is 0.620. The molecule has 80 valence electrons. The topological polar surface area (TPSA) is 24.4 Å². The number of aryl methyl sites for hydroxylation is 1. The van der Waals surface area contributed by atoms with Crippen LogP contribution in [0.3, 0.4) is 0 Å². The molecule has 0 fully saturated rings. The molecule has 1 atom stereocenters. The van der Waals surface area contributed by atoms with Crippen LogP contribution in [0.15, 0.2) is 29.4 Å². The maximum absolute atomic E-state index is 4.04. The first kappa shape index (κ1) is 10.2. The fraction of sp³-hybridized carbons (Fsp3) is 0.462. The van der Waals surface area contributed by atoms with Crippen molar-refractivity contribution in [3.8, 4) is 0 Å². The van der Waals surface area contributed by atoms with Gasteiger partial charge in [-0.25, -0.2) is 0 Å². The molecule has 2 nitrogen and oxygen atoms in total. The van der Waals surface area contributed by atoms with Gasteiger partial charge in [-0.1, -0.05) is 37.6 Å². The normalized spacial score (nSPS) is 19.1. The summed E-state index contributed by atoms with van der Waals surface area (Å²) in [5, 5.41) is 4.04. The number of nitrogens with zero attached hydrogens (tertiary/aromatic N) is 1. The van der Waals surface area contributed by atoms with Crippen molar-refractivity contribution in [3.05, 3.63) is 35.4 Å². The van der Waals surface area contributed by atoms with Gasteiger partial charge in [-0.05, 0) is 24.0 Å². The van der Waals surface area contributed by atoms with Crippen LogP contribution in [-0.2, 0) is 6.42 Å². The van der Waals surface area contributed by atoms with E-state index in [9.17, 15) is 0 Å². The highest BCUT2D eigenvalue weighted by Crippen LogP contribution is 2.19. The third kappa shape index (κ3) is 2.58. The SMILES string of the molecule is CCCCc1ccc(C2CC=NN2)cc1. The average Bonchev–Trinajstić information content (AvgIpc) is 2.80. The van der Waals surface area contributed by atoms with Crippen molar-refractivity contribution in [3.63, 3.8) is 0 Å². The van der Waals surface area contributed by atoms with Gasteiger partial charge in [0.1, 0.15) is 0 Å². The lowest BCUT2D eigenvalue weighted by Gasteiger charge is -2.10. The van der Waals surface area contributed by atoms with Crippen molar-refractivity contribution in [1.82, 2.24) is 5.43 Å². The van der Waals surface area contributed by atoms with Gasteiger partial charge in [0.15, 0.2) is 0 Å². The standard InChI is InChI=1S/C13H18N2/c1-2-3-4-11-5-7-12(8-6-11)13-9-10-14-15-13/h5-8,10,13,15H,2-4,9H2,1H3. The molecule has 0 saturated carbocycles. The van der Waals surface area contributed by atoms with Gasteiger partial charge in [-0.3, -0.25) is 0 Å². The predicted octanol–water partition coefficient (Wildman–Crippen LogP) is 3.05. The second kappa shape index (κ2) is 4.96. The van der Waals surface area contributed by atoms with E-state index in [4.69, 9.17) is 0 Å². The van der Waals surface area contributed by atoms with Gasteiger partial charge in [-0.2, -0.15) is 5.10 Å². The van der Waals surface area contributed by atoms with Crippen molar-refractivity contribution >= 4 is 6.21 Å². The van der Waals surface area contributed by atoms with Gasteiger partial charge in [0.25, 0.3) is 0 Å². The van der Waals surface area contributed by atoms with Crippen LogP contribution >= 0.6 is 0 Å². The Kier molecular flexibility index (Phi) is 3.38. The summed E-state index contributed by atoms with van der Waals surface area (Å²) in [6, 6.07) is 9.32. The zero-order chi connectivity index (χ0) is 10.5. The molecule has 0 aromatic heterocycles. The maximum Gasteiger partial charge on any atom is 0.0739 e. The van der Waals surface area contributed by atoms with E-state index in [2.05, 4.69) is 41.7 Å². The number of nitrogens with one attached hydrogen (secondary N) is 1. The third-order valence-electron chi connectivity index (χ3n) is 2.86. The quantitative estimate of drug-likeness (QED) is 0.797. The summed E-state index contributed by atoms with van der Waals surface area (Å²) in [4.78, 5) is 0. The Morgan fingerprint density at radius 2 is 2.13 bits per heavy atom. The summed E-state index contributed by atoms with van der Waals surface area (Å²) in [5.74, 6) is 0. The van der Waals surface area contributed by atoms with E-state index in [0.29, 0.717) is 6.04 Å². The summed E-state index contributed by atoms with van der Waals surface area (Å²) in [6.45, 7) is 2.23. The summed E-state index contributed by atoms with van der Waals surface area (Å²) in [5.41, 5.74) is 5.89. The molecule has 0 radical (unpaired) electrons. The minimum absolute atomic E-state index is 0.394. The van der Waals surface area contributed by atoms with E-state index < -0.39 is 0 Å². The minimum atomic E-state index is 0.394. The average molecular weight is 202 g/mol. The van der Waals surface area contributed by atoms with Gasteiger partial charge in [0.2, 0.25) is 0 Å². The molecule has 0 amide bonds. The Morgan fingerprint density at radius 3 is 2.73 bits per heavy atom. The van der Waals surface area contributed by atoms with Crippen LogP contribution in [0.25, 0.3) is 0 Å². The maximum atomic E-state index is 4.04. The zero-order valence-corrected chi connectivity index (χ0v) is 9.24. The number of benzene rings is 1. The van der Waals surface area contributed by atoms with E-state index in [0.717, 1.165) is 6.42 Å². The minimum Gasteiger partial charge on any atom is -0.303 e. The van der Waals surface area contributed by atoms with Crippen LogP contribution in [-0.4, -0.2) is 6.21 Å². The molecular formula is C13H18N2. The van der Waals surface area contributed by atoms with Crippen LogP contribution in [0, 0.1) is 0 Å². The molecule has 0 aliphatic carbocycles. The van der Waals surface area contributed by atoms with Crippen molar-refractivity contribution in [1.29, 1.82) is 0 Å². The molecule has 0 bridgehead atoms. The molecule has 0 spiro atoms. The molecule has 1 heterocycles. The molecule has 1 aromatic carbocycles. The largest absolute Gasteiger partial charge is 0.303 e. The molecule has 1 N–H and O–H groups in total. The first-order valence-electron chi connectivity index (χ1n) is 5.76. The van der Waals surface area contributed by atoms with Gasteiger partial charge < -0.3 is 5.43 Å². The smallest absolute Gasteiger partial charge is 0.0739 e. The monoisotopic (exact) mass is 202 g/mol. The van der Waals surface area contributed by atoms with Crippen LogP contribution in [0.5, 0.6) is 0 Å². The first-order chi connectivity index (χ1) is 7.40. The second-order valence-electron chi connectivity index (χ2n) is 4.07. The highest BCUT2D eigenvalue weighted by molar-refractivity contribution is 5.60. The molecule has 2 heteroatoms. The third-order valence-corrected chi connectivity index (χ3v) is 2.86. The number of hydrogen-bond donors (Lipinski definition) is 1. The van der Waals surface area contributed by atoms with Gasteiger partial charge in [0.05, 0.1) is 6.04 Å². The first-order valence-corrected chi connectivity index (χ1v) is 5.76. The summed E-state index contributed by atoms with van der Waals surface area (Å²) in [7, 11) is 0. The highest BCUT2D eigenvalue weighted by Gasteiger charge is 2.12. The Bertz CT molecular complexity index is 319. The molecule has 1 aromatic rings. The molecule has 1 aliphatic rings. The number of rotatable bonds is 4. The van der Waals surface area contributed by atoms with Gasteiger partial charge in [-0.15, -0.1) is 0 Å². The number of unbranched alkanes of at least 4 members (excludes halogenated alkanes) is 1. The predicted molar refractivity (Wildman–Crippen MR) is 64.0 cm³/mol. The zero-order valence-electron chi connectivity index (χ0n) is 9.24. The highest BCUT2D eigenvalue weighted by atomic mass is 15.3. The molecule has 1 aliphatic heterocycles. The molecule has 2 rings (SSSR count). The summed E-state index contributed by atoms with van der Waals surface area (Å²) in [6.07, 6.45) is 6.69. The second-order valence-corrected chi connectivity index (χ2v) is 4.07. The number of hydrazone groups is 1. The van der Waals surface area contributed by atoms with E-state index in [1.54, 1.807) is 0 Å². The Morgan fingerprint density at radius 1 is 1.33 bits per heavy atom. The lowest BCUT2D eigenvalue weighted by Crippen LogP contribution is -2.09. The molecule has 1 unspecified atom stereocenters. The van der Waals surface area contributed by atoms with Crippen molar-refractivity contribution in [2.24, 2.45) is 5.10 Å². The lowest BCUT2D eigenvalue weighted by atomic mass is 10.0. The van der Waals surface area contributed by atoms with Crippen LogP contribution in [0.1, 0.15) is 43.4 Å². The van der Waals surface area contributed by atoms with Crippen molar-refractivity contribution < 1.29 is 0 Å². The van der Waals surface area contributed by atoms with E-state index in [1.807, 2.05) is 6.21 Å². The Labute approximate surface area is 91.4 Å². The van der Waals surface area contributed by atoms with Crippen LogP contribution < -0.4 is 5.43 Å². The van der Waals surface area contributed by atoms with E-state index >= 15 is 0 Å². The van der Waals surface area contributed by atoms with E-state index in [-0.39, 0.29) is 0 Å². The van der Waals surface area contributed by atoms with Crippen LogP contribution in [0.4, 0.5) is 0 Å². The van der Waals surface area contributed by atoms with Crippen molar-refractivity contribution in [2.75, 3.05) is 0 Å². The van der Waals surface area contributed by atoms with Gasteiger partial charge in [0, 0.05) is 12.6 Å². The van der Waals surface area contributed by atoms with Gasteiger partial charge >= 0.3 is 0 Å².